The van der Waals surface area contributed by atoms with E-state index in [1.165, 1.54) is 37.9 Å². The zero-order valence-electron chi connectivity index (χ0n) is 11.8. The van der Waals surface area contributed by atoms with Gasteiger partial charge in [0.2, 0.25) is 0 Å². The predicted octanol–water partition coefficient (Wildman–Crippen LogP) is 1.85. The summed E-state index contributed by atoms with van der Waals surface area (Å²) >= 11 is 0. The van der Waals surface area contributed by atoms with Crippen LogP contribution in [0.5, 0.6) is 0 Å². The number of likely N-dealkylation sites (N-methyl/N-ethyl adjacent to an activating group) is 1. The van der Waals surface area contributed by atoms with Gasteiger partial charge >= 0.3 is 0 Å². The van der Waals surface area contributed by atoms with Gasteiger partial charge in [-0.25, -0.2) is 0 Å². The summed E-state index contributed by atoms with van der Waals surface area (Å²) in [6.45, 7) is 3.60. The molecule has 2 aliphatic heterocycles. The molecule has 1 N–H and O–H groups in total. The fraction of sp³-hybridized carbons (Fsp3) is 0.625. The van der Waals surface area contributed by atoms with E-state index < -0.39 is 0 Å². The lowest BCUT2D eigenvalue weighted by Crippen LogP contribution is -2.36. The van der Waals surface area contributed by atoms with Crippen molar-refractivity contribution in [2.75, 3.05) is 20.1 Å². The summed E-state index contributed by atoms with van der Waals surface area (Å²) in [5.41, 5.74) is 2.36. The zero-order valence-corrected chi connectivity index (χ0v) is 11.8. The highest BCUT2D eigenvalue weighted by atomic mass is 16.3. The molecular weight excluding hydrogens is 236 g/mol. The maximum absolute atomic E-state index is 9.07. The van der Waals surface area contributed by atoms with Gasteiger partial charge in [0, 0.05) is 31.7 Å². The number of hydrogen-bond donors (Lipinski definition) is 1. The molecule has 2 bridgehead atoms. The first kappa shape index (κ1) is 13.1. The Kier molecular flexibility index (Phi) is 3.87. The maximum Gasteiger partial charge on any atom is 0.0681 e. The Morgan fingerprint density at radius 2 is 1.74 bits per heavy atom. The summed E-state index contributed by atoms with van der Waals surface area (Å²) in [6, 6.07) is 9.93. The SMILES string of the molecule is CN1C2CCC1CN(Cc1ccc(CO)cc1)CC2. The molecule has 0 saturated carbocycles. The van der Waals surface area contributed by atoms with Crippen LogP contribution in [0.2, 0.25) is 0 Å². The Hall–Kier alpha value is -0.900. The summed E-state index contributed by atoms with van der Waals surface area (Å²) in [5, 5.41) is 9.07. The minimum absolute atomic E-state index is 0.137. The van der Waals surface area contributed by atoms with E-state index in [0.717, 1.165) is 24.2 Å². The van der Waals surface area contributed by atoms with Crippen LogP contribution in [0.15, 0.2) is 24.3 Å². The molecule has 0 amide bonds. The monoisotopic (exact) mass is 260 g/mol. The summed E-state index contributed by atoms with van der Waals surface area (Å²) in [7, 11) is 2.29. The molecule has 3 heteroatoms. The van der Waals surface area contributed by atoms with Crippen molar-refractivity contribution in [1.29, 1.82) is 0 Å². The van der Waals surface area contributed by atoms with Crippen LogP contribution in [0, 0.1) is 0 Å². The first-order valence-electron chi connectivity index (χ1n) is 7.39. The van der Waals surface area contributed by atoms with E-state index in [9.17, 15) is 0 Å². The molecule has 1 aromatic rings. The molecule has 2 fully saturated rings. The van der Waals surface area contributed by atoms with Crippen molar-refractivity contribution in [2.45, 2.75) is 44.5 Å². The smallest absolute Gasteiger partial charge is 0.0681 e. The second-order valence-corrected chi connectivity index (χ2v) is 6.05. The lowest BCUT2D eigenvalue weighted by atomic mass is 10.1. The topological polar surface area (TPSA) is 26.7 Å². The van der Waals surface area contributed by atoms with E-state index in [1.807, 2.05) is 12.1 Å². The zero-order chi connectivity index (χ0) is 13.2. The van der Waals surface area contributed by atoms with E-state index in [2.05, 4.69) is 29.0 Å². The Labute approximate surface area is 115 Å². The molecule has 104 valence electrons. The quantitative estimate of drug-likeness (QED) is 0.898. The number of nitrogens with zero attached hydrogens (tertiary/aromatic N) is 2. The van der Waals surface area contributed by atoms with Crippen molar-refractivity contribution in [3.63, 3.8) is 0 Å². The molecule has 2 atom stereocenters. The van der Waals surface area contributed by atoms with Gasteiger partial charge in [0.05, 0.1) is 6.61 Å². The molecule has 2 aliphatic rings. The third kappa shape index (κ3) is 2.83. The van der Waals surface area contributed by atoms with Gasteiger partial charge in [-0.15, -0.1) is 0 Å². The fourth-order valence-corrected chi connectivity index (χ4v) is 3.53. The van der Waals surface area contributed by atoms with Crippen LogP contribution < -0.4 is 0 Å². The maximum atomic E-state index is 9.07. The summed E-state index contributed by atoms with van der Waals surface area (Å²) in [5.74, 6) is 0. The number of hydrogen-bond acceptors (Lipinski definition) is 3. The highest BCUT2D eigenvalue weighted by Crippen LogP contribution is 2.28. The van der Waals surface area contributed by atoms with Crippen molar-refractivity contribution in [2.24, 2.45) is 0 Å². The molecule has 3 rings (SSSR count). The van der Waals surface area contributed by atoms with Gasteiger partial charge in [-0.1, -0.05) is 24.3 Å². The standard InChI is InChI=1S/C16H24N2O/c1-17-15-6-7-16(17)11-18(9-8-15)10-13-2-4-14(12-19)5-3-13/h2-5,15-16,19H,6-12H2,1H3. The minimum Gasteiger partial charge on any atom is -0.392 e. The van der Waals surface area contributed by atoms with Crippen LogP contribution in [0.1, 0.15) is 30.4 Å². The average molecular weight is 260 g/mol. The van der Waals surface area contributed by atoms with E-state index in [0.29, 0.717) is 0 Å². The number of likely N-dealkylation sites (tertiary alicyclic amines) is 1. The normalized spacial score (nSPS) is 28.5. The number of aliphatic hydroxyl groups is 1. The molecular formula is C16H24N2O. The van der Waals surface area contributed by atoms with Crippen LogP contribution in [-0.4, -0.2) is 47.1 Å². The fourth-order valence-electron chi connectivity index (χ4n) is 3.53. The van der Waals surface area contributed by atoms with Gasteiger partial charge in [0.15, 0.2) is 0 Å². The Morgan fingerprint density at radius 3 is 2.47 bits per heavy atom. The molecule has 0 spiro atoms. The van der Waals surface area contributed by atoms with Crippen molar-refractivity contribution in [3.05, 3.63) is 35.4 Å². The largest absolute Gasteiger partial charge is 0.392 e. The van der Waals surface area contributed by atoms with Crippen molar-refractivity contribution in [1.82, 2.24) is 9.80 Å². The number of benzene rings is 1. The van der Waals surface area contributed by atoms with Gasteiger partial charge in [-0.2, -0.15) is 0 Å². The number of aliphatic hydroxyl groups excluding tert-OH is 1. The third-order valence-corrected chi connectivity index (χ3v) is 4.84. The lowest BCUT2D eigenvalue weighted by molar-refractivity contribution is 0.214. The van der Waals surface area contributed by atoms with Crippen LogP contribution in [0.4, 0.5) is 0 Å². The van der Waals surface area contributed by atoms with Gasteiger partial charge in [0.25, 0.3) is 0 Å². The number of fused-ring (bicyclic) bond motifs is 2. The second kappa shape index (κ2) is 5.61. The summed E-state index contributed by atoms with van der Waals surface area (Å²) in [6.07, 6.45) is 4.06. The van der Waals surface area contributed by atoms with Gasteiger partial charge in [0.1, 0.15) is 0 Å². The average Bonchev–Trinajstić information content (AvgIpc) is 2.68. The van der Waals surface area contributed by atoms with Crippen molar-refractivity contribution in [3.8, 4) is 0 Å². The van der Waals surface area contributed by atoms with Crippen LogP contribution in [-0.2, 0) is 13.2 Å². The second-order valence-electron chi connectivity index (χ2n) is 6.05. The number of rotatable bonds is 3. The molecule has 19 heavy (non-hydrogen) atoms. The van der Waals surface area contributed by atoms with Gasteiger partial charge in [-0.05, 0) is 37.4 Å². The molecule has 2 heterocycles. The van der Waals surface area contributed by atoms with Crippen LogP contribution >= 0.6 is 0 Å². The Bertz CT molecular complexity index is 417. The molecule has 3 nitrogen and oxygen atoms in total. The molecule has 0 aromatic heterocycles. The third-order valence-electron chi connectivity index (χ3n) is 4.84. The highest BCUT2D eigenvalue weighted by Gasteiger charge is 2.34. The van der Waals surface area contributed by atoms with Crippen LogP contribution in [0.3, 0.4) is 0 Å². The molecule has 0 aliphatic carbocycles. The van der Waals surface area contributed by atoms with E-state index >= 15 is 0 Å². The summed E-state index contributed by atoms with van der Waals surface area (Å²) in [4.78, 5) is 5.18. The predicted molar refractivity (Wildman–Crippen MR) is 76.8 cm³/mol. The van der Waals surface area contributed by atoms with E-state index in [4.69, 9.17) is 5.11 Å². The molecule has 1 aromatic carbocycles. The van der Waals surface area contributed by atoms with Gasteiger partial charge < -0.3 is 5.11 Å². The Morgan fingerprint density at radius 1 is 1.05 bits per heavy atom. The first-order valence-corrected chi connectivity index (χ1v) is 7.39. The van der Waals surface area contributed by atoms with Crippen molar-refractivity contribution >= 4 is 0 Å². The van der Waals surface area contributed by atoms with E-state index in [1.54, 1.807) is 0 Å². The summed E-state index contributed by atoms with van der Waals surface area (Å²) < 4.78 is 0. The van der Waals surface area contributed by atoms with Gasteiger partial charge in [-0.3, -0.25) is 9.80 Å². The molecule has 0 radical (unpaired) electrons. The molecule has 2 saturated heterocycles. The molecule has 2 unspecified atom stereocenters. The Balaban J connectivity index is 1.63. The van der Waals surface area contributed by atoms with Crippen molar-refractivity contribution < 1.29 is 5.11 Å². The lowest BCUT2D eigenvalue weighted by Gasteiger charge is -2.25. The highest BCUT2D eigenvalue weighted by molar-refractivity contribution is 5.22. The minimum atomic E-state index is 0.137. The first-order chi connectivity index (χ1) is 9.26. The van der Waals surface area contributed by atoms with Crippen LogP contribution in [0.25, 0.3) is 0 Å². The van der Waals surface area contributed by atoms with E-state index in [-0.39, 0.29) is 6.61 Å².